The number of hydrogen-bond acceptors (Lipinski definition) is 3. The molecule has 1 aromatic carbocycles. The molecule has 5 nitrogen and oxygen atoms in total. The lowest BCUT2D eigenvalue weighted by molar-refractivity contribution is -0.147. The van der Waals surface area contributed by atoms with E-state index < -0.39 is 35.6 Å². The van der Waals surface area contributed by atoms with Gasteiger partial charge in [0, 0.05) is 5.69 Å². The Balaban J connectivity index is 1.81. The SMILES string of the molecule is Cc1ccc(F)cc1NC(=O)[C@@H]1[C@@H](C(=O)O)[C@H]2CC[C@@H]1O2. The number of carboxylic acids is 1. The molecule has 6 heteroatoms. The van der Waals surface area contributed by atoms with Gasteiger partial charge in [0.2, 0.25) is 5.91 Å². The highest BCUT2D eigenvalue weighted by atomic mass is 19.1. The molecule has 2 fully saturated rings. The van der Waals surface area contributed by atoms with Crippen LogP contribution in [0.4, 0.5) is 10.1 Å². The van der Waals surface area contributed by atoms with E-state index in [0.717, 1.165) is 5.56 Å². The summed E-state index contributed by atoms with van der Waals surface area (Å²) in [7, 11) is 0. The van der Waals surface area contributed by atoms with Crippen LogP contribution >= 0.6 is 0 Å². The Bertz CT molecular complexity index is 603. The van der Waals surface area contributed by atoms with E-state index >= 15 is 0 Å². The summed E-state index contributed by atoms with van der Waals surface area (Å²) in [6, 6.07) is 4.11. The molecule has 0 radical (unpaired) electrons. The molecule has 1 amide bonds. The van der Waals surface area contributed by atoms with Gasteiger partial charge in [0.05, 0.1) is 24.0 Å². The van der Waals surface area contributed by atoms with E-state index in [2.05, 4.69) is 5.32 Å². The van der Waals surface area contributed by atoms with E-state index in [1.807, 2.05) is 0 Å². The van der Waals surface area contributed by atoms with Gasteiger partial charge in [-0.25, -0.2) is 4.39 Å². The van der Waals surface area contributed by atoms with Crippen molar-refractivity contribution in [3.63, 3.8) is 0 Å². The normalized spacial score (nSPS) is 30.4. The summed E-state index contributed by atoms with van der Waals surface area (Å²) in [6.07, 6.45) is 0.612. The fourth-order valence-electron chi connectivity index (χ4n) is 3.27. The summed E-state index contributed by atoms with van der Waals surface area (Å²) in [6.45, 7) is 1.75. The van der Waals surface area contributed by atoms with E-state index in [1.165, 1.54) is 12.1 Å². The highest BCUT2D eigenvalue weighted by molar-refractivity contribution is 5.96. The minimum Gasteiger partial charge on any atom is -0.481 e. The van der Waals surface area contributed by atoms with Gasteiger partial charge in [-0.3, -0.25) is 9.59 Å². The van der Waals surface area contributed by atoms with Crippen molar-refractivity contribution in [3.8, 4) is 0 Å². The van der Waals surface area contributed by atoms with Crippen molar-refractivity contribution < 1.29 is 23.8 Å². The number of halogens is 1. The monoisotopic (exact) mass is 293 g/mol. The van der Waals surface area contributed by atoms with Crippen LogP contribution in [0.3, 0.4) is 0 Å². The number of nitrogens with one attached hydrogen (secondary N) is 1. The number of carbonyl (C=O) groups is 2. The molecule has 21 heavy (non-hydrogen) atoms. The lowest BCUT2D eigenvalue weighted by atomic mass is 9.78. The van der Waals surface area contributed by atoms with Gasteiger partial charge in [0.15, 0.2) is 0 Å². The van der Waals surface area contributed by atoms with E-state index in [1.54, 1.807) is 13.0 Å². The third-order valence-corrected chi connectivity index (χ3v) is 4.32. The first-order chi connectivity index (χ1) is 9.97. The van der Waals surface area contributed by atoms with Crippen molar-refractivity contribution in [1.82, 2.24) is 0 Å². The number of benzene rings is 1. The maximum atomic E-state index is 13.3. The molecule has 0 aromatic heterocycles. The molecule has 2 heterocycles. The number of fused-ring (bicyclic) bond motifs is 2. The largest absolute Gasteiger partial charge is 0.481 e. The summed E-state index contributed by atoms with van der Waals surface area (Å²) in [5.41, 5.74) is 1.09. The van der Waals surface area contributed by atoms with Crippen LogP contribution in [-0.4, -0.2) is 29.2 Å². The molecule has 2 aliphatic rings. The Morgan fingerprint density at radius 3 is 2.62 bits per heavy atom. The number of rotatable bonds is 3. The Labute approximate surface area is 121 Å². The van der Waals surface area contributed by atoms with Crippen LogP contribution in [0.2, 0.25) is 0 Å². The van der Waals surface area contributed by atoms with Crippen LogP contribution in [0.1, 0.15) is 18.4 Å². The molecule has 2 bridgehead atoms. The van der Waals surface area contributed by atoms with E-state index in [4.69, 9.17) is 4.74 Å². The second-order valence-corrected chi connectivity index (χ2v) is 5.63. The highest BCUT2D eigenvalue weighted by Gasteiger charge is 2.55. The quantitative estimate of drug-likeness (QED) is 0.893. The predicted octanol–water partition coefficient (Wildman–Crippen LogP) is 1.95. The Kier molecular flexibility index (Phi) is 3.41. The molecule has 0 saturated carbocycles. The van der Waals surface area contributed by atoms with Gasteiger partial charge < -0.3 is 15.2 Å². The van der Waals surface area contributed by atoms with Gasteiger partial charge in [0.1, 0.15) is 5.82 Å². The van der Waals surface area contributed by atoms with Gasteiger partial charge in [-0.2, -0.15) is 0 Å². The zero-order chi connectivity index (χ0) is 15.1. The summed E-state index contributed by atoms with van der Waals surface area (Å²) >= 11 is 0. The zero-order valence-electron chi connectivity index (χ0n) is 11.5. The molecule has 0 unspecified atom stereocenters. The second-order valence-electron chi connectivity index (χ2n) is 5.63. The van der Waals surface area contributed by atoms with Gasteiger partial charge in [0.25, 0.3) is 0 Å². The van der Waals surface area contributed by atoms with Gasteiger partial charge >= 0.3 is 5.97 Å². The highest BCUT2D eigenvalue weighted by Crippen LogP contribution is 2.44. The topological polar surface area (TPSA) is 75.6 Å². The molecule has 1 aromatic rings. The van der Waals surface area contributed by atoms with Gasteiger partial charge in [-0.05, 0) is 37.5 Å². The van der Waals surface area contributed by atoms with E-state index in [-0.39, 0.29) is 6.10 Å². The van der Waals surface area contributed by atoms with E-state index in [9.17, 15) is 19.1 Å². The number of aliphatic carboxylic acids is 1. The fourth-order valence-corrected chi connectivity index (χ4v) is 3.27. The zero-order valence-corrected chi connectivity index (χ0v) is 11.5. The molecule has 0 aliphatic carbocycles. The number of hydrogen-bond donors (Lipinski definition) is 2. The second kappa shape index (κ2) is 5.11. The summed E-state index contributed by atoms with van der Waals surface area (Å²) in [4.78, 5) is 23.8. The number of aryl methyl sites for hydroxylation is 1. The predicted molar refractivity (Wildman–Crippen MR) is 72.3 cm³/mol. The van der Waals surface area contributed by atoms with Crippen LogP contribution in [0.15, 0.2) is 18.2 Å². The Morgan fingerprint density at radius 2 is 1.95 bits per heavy atom. The van der Waals surface area contributed by atoms with Gasteiger partial charge in [-0.15, -0.1) is 0 Å². The molecule has 2 N–H and O–H groups in total. The van der Waals surface area contributed by atoms with Crippen molar-refractivity contribution in [1.29, 1.82) is 0 Å². The lowest BCUT2D eigenvalue weighted by Crippen LogP contribution is -2.41. The van der Waals surface area contributed by atoms with Crippen LogP contribution in [0.25, 0.3) is 0 Å². The lowest BCUT2D eigenvalue weighted by Gasteiger charge is -2.24. The van der Waals surface area contributed by atoms with Crippen molar-refractivity contribution in [2.24, 2.45) is 11.8 Å². The maximum Gasteiger partial charge on any atom is 0.310 e. The number of anilines is 1. The number of carboxylic acid groups (broad SMARTS) is 1. The van der Waals surface area contributed by atoms with Crippen LogP contribution in [0, 0.1) is 24.6 Å². The standard InChI is InChI=1S/C15H16FNO4/c1-7-2-3-8(16)6-9(7)17-14(18)12-10-4-5-11(21-10)13(12)15(19)20/h2-3,6,10-13H,4-5H2,1H3,(H,17,18)(H,19,20)/t10-,11+,12-,13-/m0/s1. The fraction of sp³-hybridized carbons (Fsp3) is 0.467. The molecule has 112 valence electrons. The van der Waals surface area contributed by atoms with Gasteiger partial charge in [-0.1, -0.05) is 6.07 Å². The summed E-state index contributed by atoms with van der Waals surface area (Å²) < 4.78 is 18.8. The van der Waals surface area contributed by atoms with E-state index in [0.29, 0.717) is 18.5 Å². The van der Waals surface area contributed by atoms with Crippen molar-refractivity contribution in [2.75, 3.05) is 5.32 Å². The first-order valence-electron chi connectivity index (χ1n) is 6.92. The number of ether oxygens (including phenoxy) is 1. The molecule has 2 aliphatic heterocycles. The molecule has 4 atom stereocenters. The smallest absolute Gasteiger partial charge is 0.310 e. The molecule has 3 rings (SSSR count). The minimum absolute atomic E-state index is 0.357. The van der Waals surface area contributed by atoms with Crippen LogP contribution in [0.5, 0.6) is 0 Å². The number of amides is 1. The first-order valence-corrected chi connectivity index (χ1v) is 6.92. The first kappa shape index (κ1) is 14.0. The van der Waals surface area contributed by atoms with Crippen molar-refractivity contribution in [2.45, 2.75) is 32.0 Å². The average Bonchev–Trinajstić information content (AvgIpc) is 3.03. The Morgan fingerprint density at radius 1 is 1.29 bits per heavy atom. The summed E-state index contributed by atoms with van der Waals surface area (Å²) in [5, 5.41) is 11.9. The molecular formula is C15H16FNO4. The minimum atomic E-state index is -1.02. The molecular weight excluding hydrogens is 277 g/mol. The third-order valence-electron chi connectivity index (χ3n) is 4.32. The Hall–Kier alpha value is -1.95. The molecule has 0 spiro atoms. The molecule has 2 saturated heterocycles. The summed E-state index contributed by atoms with van der Waals surface area (Å²) in [5.74, 6) is -3.42. The van der Waals surface area contributed by atoms with Crippen molar-refractivity contribution in [3.05, 3.63) is 29.6 Å². The maximum absolute atomic E-state index is 13.3. The van der Waals surface area contributed by atoms with Crippen molar-refractivity contribution >= 4 is 17.6 Å². The van der Waals surface area contributed by atoms with Crippen LogP contribution in [-0.2, 0) is 14.3 Å². The van der Waals surface area contributed by atoms with Crippen LogP contribution < -0.4 is 5.32 Å². The third kappa shape index (κ3) is 2.40. The number of carbonyl (C=O) groups excluding carboxylic acids is 1. The average molecular weight is 293 g/mol.